The molecule has 0 amide bonds. The summed E-state index contributed by atoms with van der Waals surface area (Å²) in [4.78, 5) is 8.41. The third-order valence-corrected chi connectivity index (χ3v) is 2.01. The number of methoxy groups -OCH3 is 1. The Bertz CT molecular complexity index is 437. The molecule has 0 aliphatic carbocycles. The lowest BCUT2D eigenvalue weighted by Crippen LogP contribution is -2.03. The lowest BCUT2D eigenvalue weighted by molar-refractivity contribution is 0.188. The zero-order valence-electron chi connectivity index (χ0n) is 7.97. The number of aromatic nitrogens is 3. The average molecular weight is 192 g/mol. The third-order valence-electron chi connectivity index (χ3n) is 2.01. The standard InChI is InChI=1S/C9H12N4O/c1-14-3-2-13-6-12-8-4-7(10)5-11-9(8)13/h4-6H,2-3,10H2,1H3. The summed E-state index contributed by atoms with van der Waals surface area (Å²) in [5.74, 6) is 0. The van der Waals surface area contributed by atoms with Gasteiger partial charge in [0.15, 0.2) is 5.65 Å². The molecule has 2 N–H and O–H groups in total. The molecule has 14 heavy (non-hydrogen) atoms. The first-order valence-electron chi connectivity index (χ1n) is 4.36. The van der Waals surface area contributed by atoms with E-state index in [-0.39, 0.29) is 0 Å². The number of anilines is 1. The fraction of sp³-hybridized carbons (Fsp3) is 0.333. The Morgan fingerprint density at radius 1 is 1.50 bits per heavy atom. The molecule has 0 radical (unpaired) electrons. The summed E-state index contributed by atoms with van der Waals surface area (Å²) in [6.45, 7) is 1.40. The molecule has 5 heteroatoms. The Kier molecular flexibility index (Phi) is 2.32. The number of nitrogen functional groups attached to an aromatic ring is 1. The first-order chi connectivity index (χ1) is 6.81. The molecule has 0 aliphatic rings. The van der Waals surface area contributed by atoms with E-state index in [0.29, 0.717) is 12.3 Å². The molecule has 0 spiro atoms. The van der Waals surface area contributed by atoms with E-state index in [1.165, 1.54) is 0 Å². The molecule has 0 fully saturated rings. The Morgan fingerprint density at radius 2 is 2.36 bits per heavy atom. The number of rotatable bonds is 3. The van der Waals surface area contributed by atoms with Crippen LogP contribution in [0.2, 0.25) is 0 Å². The van der Waals surface area contributed by atoms with Gasteiger partial charge in [0.25, 0.3) is 0 Å². The van der Waals surface area contributed by atoms with Crippen LogP contribution in [0.5, 0.6) is 0 Å². The monoisotopic (exact) mass is 192 g/mol. The summed E-state index contributed by atoms with van der Waals surface area (Å²) in [5, 5.41) is 0. The second kappa shape index (κ2) is 3.63. The van der Waals surface area contributed by atoms with Crippen molar-refractivity contribution in [2.75, 3.05) is 19.5 Å². The van der Waals surface area contributed by atoms with Crippen molar-refractivity contribution in [2.24, 2.45) is 0 Å². The fourth-order valence-corrected chi connectivity index (χ4v) is 1.32. The third kappa shape index (κ3) is 1.54. The lowest BCUT2D eigenvalue weighted by atomic mass is 10.4. The molecule has 2 aromatic rings. The normalized spacial score (nSPS) is 10.9. The Balaban J connectivity index is 2.37. The number of nitrogens with zero attached hydrogens (tertiary/aromatic N) is 3. The topological polar surface area (TPSA) is 66.0 Å². The lowest BCUT2D eigenvalue weighted by Gasteiger charge is -2.01. The number of ether oxygens (including phenoxy) is 1. The molecule has 0 unspecified atom stereocenters. The molecule has 0 aromatic carbocycles. The van der Waals surface area contributed by atoms with Crippen LogP contribution >= 0.6 is 0 Å². The van der Waals surface area contributed by atoms with E-state index < -0.39 is 0 Å². The second-order valence-electron chi connectivity index (χ2n) is 3.04. The van der Waals surface area contributed by atoms with E-state index in [9.17, 15) is 0 Å². The van der Waals surface area contributed by atoms with Gasteiger partial charge in [0, 0.05) is 13.7 Å². The second-order valence-corrected chi connectivity index (χ2v) is 3.04. The summed E-state index contributed by atoms with van der Waals surface area (Å²) in [5.41, 5.74) is 7.89. The average Bonchev–Trinajstić information content (AvgIpc) is 2.57. The van der Waals surface area contributed by atoms with Gasteiger partial charge < -0.3 is 15.0 Å². The highest BCUT2D eigenvalue weighted by Crippen LogP contribution is 2.12. The van der Waals surface area contributed by atoms with Crippen LogP contribution in [0.1, 0.15) is 0 Å². The summed E-state index contributed by atoms with van der Waals surface area (Å²) >= 11 is 0. The van der Waals surface area contributed by atoms with E-state index in [0.717, 1.165) is 17.7 Å². The van der Waals surface area contributed by atoms with E-state index in [1.807, 2.05) is 10.6 Å². The van der Waals surface area contributed by atoms with E-state index in [2.05, 4.69) is 9.97 Å². The molecule has 5 nitrogen and oxygen atoms in total. The van der Waals surface area contributed by atoms with Gasteiger partial charge in [-0.3, -0.25) is 0 Å². The van der Waals surface area contributed by atoms with Gasteiger partial charge in [0.05, 0.1) is 24.8 Å². The van der Waals surface area contributed by atoms with E-state index in [1.54, 1.807) is 19.6 Å². The van der Waals surface area contributed by atoms with Gasteiger partial charge in [-0.2, -0.15) is 0 Å². The molecule has 0 atom stereocenters. The van der Waals surface area contributed by atoms with Crippen molar-refractivity contribution in [2.45, 2.75) is 6.54 Å². The highest BCUT2D eigenvalue weighted by Gasteiger charge is 2.03. The first kappa shape index (κ1) is 8.96. The molecule has 0 saturated heterocycles. The maximum atomic E-state index is 5.60. The summed E-state index contributed by atoms with van der Waals surface area (Å²) in [6, 6.07) is 1.81. The van der Waals surface area contributed by atoms with Crippen LogP contribution in [-0.2, 0) is 11.3 Å². The van der Waals surface area contributed by atoms with Crippen molar-refractivity contribution in [3.05, 3.63) is 18.6 Å². The number of hydrogen-bond donors (Lipinski definition) is 1. The Labute approximate surface area is 81.5 Å². The molecule has 74 valence electrons. The smallest absolute Gasteiger partial charge is 0.159 e. The number of fused-ring (bicyclic) bond motifs is 1. The van der Waals surface area contributed by atoms with Crippen LogP contribution in [0.15, 0.2) is 18.6 Å². The largest absolute Gasteiger partial charge is 0.397 e. The van der Waals surface area contributed by atoms with Crippen molar-refractivity contribution < 1.29 is 4.74 Å². The van der Waals surface area contributed by atoms with Gasteiger partial charge in [0.2, 0.25) is 0 Å². The van der Waals surface area contributed by atoms with Gasteiger partial charge in [-0.1, -0.05) is 0 Å². The maximum Gasteiger partial charge on any atom is 0.159 e. The van der Waals surface area contributed by atoms with Crippen LogP contribution in [0.3, 0.4) is 0 Å². The van der Waals surface area contributed by atoms with Crippen molar-refractivity contribution in [3.8, 4) is 0 Å². The number of hydrogen-bond acceptors (Lipinski definition) is 4. The highest BCUT2D eigenvalue weighted by atomic mass is 16.5. The van der Waals surface area contributed by atoms with Crippen LogP contribution in [0, 0.1) is 0 Å². The summed E-state index contributed by atoms with van der Waals surface area (Å²) in [6.07, 6.45) is 3.38. The maximum absolute atomic E-state index is 5.60. The van der Waals surface area contributed by atoms with Crippen molar-refractivity contribution >= 4 is 16.9 Å². The van der Waals surface area contributed by atoms with E-state index in [4.69, 9.17) is 10.5 Å². The van der Waals surface area contributed by atoms with Gasteiger partial charge in [-0.15, -0.1) is 0 Å². The fourth-order valence-electron chi connectivity index (χ4n) is 1.32. The molecule has 2 aromatic heterocycles. The van der Waals surface area contributed by atoms with Crippen LogP contribution in [0.25, 0.3) is 11.2 Å². The quantitative estimate of drug-likeness (QED) is 0.775. The summed E-state index contributed by atoms with van der Waals surface area (Å²) < 4.78 is 6.93. The highest BCUT2D eigenvalue weighted by molar-refractivity contribution is 5.74. The Morgan fingerprint density at radius 3 is 3.14 bits per heavy atom. The van der Waals surface area contributed by atoms with Crippen molar-refractivity contribution in [1.82, 2.24) is 14.5 Å². The Hall–Kier alpha value is -1.62. The van der Waals surface area contributed by atoms with Crippen molar-refractivity contribution in [1.29, 1.82) is 0 Å². The predicted octanol–water partition coefficient (Wildman–Crippen LogP) is 0.660. The van der Waals surface area contributed by atoms with Gasteiger partial charge in [-0.05, 0) is 6.07 Å². The molecular weight excluding hydrogens is 180 g/mol. The summed E-state index contributed by atoms with van der Waals surface area (Å²) in [7, 11) is 1.67. The minimum absolute atomic E-state index is 0.634. The minimum Gasteiger partial charge on any atom is -0.397 e. The van der Waals surface area contributed by atoms with Gasteiger partial charge >= 0.3 is 0 Å². The molecule has 0 saturated carbocycles. The number of nitrogens with two attached hydrogens (primary N) is 1. The molecular formula is C9H12N4O. The molecule has 0 aliphatic heterocycles. The molecule has 2 heterocycles. The zero-order valence-corrected chi connectivity index (χ0v) is 7.97. The van der Waals surface area contributed by atoms with Gasteiger partial charge in [0.1, 0.15) is 5.52 Å². The van der Waals surface area contributed by atoms with Crippen LogP contribution < -0.4 is 5.73 Å². The van der Waals surface area contributed by atoms with Crippen LogP contribution in [-0.4, -0.2) is 28.3 Å². The minimum atomic E-state index is 0.634. The molecule has 2 rings (SSSR count). The van der Waals surface area contributed by atoms with E-state index >= 15 is 0 Å². The van der Waals surface area contributed by atoms with Crippen LogP contribution in [0.4, 0.5) is 5.69 Å². The zero-order chi connectivity index (χ0) is 9.97. The predicted molar refractivity (Wildman–Crippen MR) is 53.8 cm³/mol. The number of imidazole rings is 1. The van der Waals surface area contributed by atoms with Gasteiger partial charge in [-0.25, -0.2) is 9.97 Å². The number of pyridine rings is 1. The molecule has 0 bridgehead atoms. The first-order valence-corrected chi connectivity index (χ1v) is 4.36. The SMILES string of the molecule is COCCn1cnc2cc(N)cnc21. The van der Waals surface area contributed by atoms with Crippen molar-refractivity contribution in [3.63, 3.8) is 0 Å².